The van der Waals surface area contributed by atoms with Crippen LogP contribution in [0, 0.1) is 5.82 Å². The lowest BCUT2D eigenvalue weighted by Crippen LogP contribution is -2.34. The van der Waals surface area contributed by atoms with Gasteiger partial charge in [-0.05, 0) is 54.8 Å². The molecule has 0 radical (unpaired) electrons. The van der Waals surface area contributed by atoms with Crippen molar-refractivity contribution in [3.63, 3.8) is 0 Å². The molecule has 9 heteroatoms. The number of hydrogen-bond acceptors (Lipinski definition) is 3. The van der Waals surface area contributed by atoms with E-state index in [-0.39, 0.29) is 29.8 Å². The molecule has 150 valence electrons. The number of sulfonamides is 1. The van der Waals surface area contributed by atoms with Crippen LogP contribution >= 0.6 is 23.2 Å². The van der Waals surface area contributed by atoms with Gasteiger partial charge < -0.3 is 4.90 Å². The zero-order valence-corrected chi connectivity index (χ0v) is 17.2. The number of rotatable bonds is 6. The maximum absolute atomic E-state index is 12.9. The highest BCUT2D eigenvalue weighted by Crippen LogP contribution is 2.35. The topological polar surface area (TPSA) is 66.5 Å². The van der Waals surface area contributed by atoms with E-state index in [1.807, 2.05) is 6.07 Å². The van der Waals surface area contributed by atoms with Gasteiger partial charge in [0.05, 0.1) is 21.0 Å². The highest BCUT2D eigenvalue weighted by molar-refractivity contribution is 7.89. The Kier molecular flexibility index (Phi) is 6.60. The third kappa shape index (κ3) is 4.84. The van der Waals surface area contributed by atoms with Crippen LogP contribution < -0.4 is 4.72 Å². The third-order valence-corrected chi connectivity index (χ3v) is 6.87. The molecule has 1 heterocycles. The number of likely N-dealkylation sites (tertiary alicyclic amines) is 1. The van der Waals surface area contributed by atoms with Gasteiger partial charge in [-0.1, -0.05) is 29.3 Å². The van der Waals surface area contributed by atoms with Crippen LogP contribution in [0.3, 0.4) is 0 Å². The molecule has 0 aliphatic carbocycles. The van der Waals surface area contributed by atoms with Crippen molar-refractivity contribution in [1.82, 2.24) is 9.62 Å². The average Bonchev–Trinajstić information content (AvgIpc) is 3.14. The first-order valence-electron chi connectivity index (χ1n) is 8.77. The maximum atomic E-state index is 12.9. The van der Waals surface area contributed by atoms with Crippen LogP contribution in [0.2, 0.25) is 10.0 Å². The van der Waals surface area contributed by atoms with Crippen LogP contribution in [0.4, 0.5) is 4.39 Å². The molecule has 1 fully saturated rings. The summed E-state index contributed by atoms with van der Waals surface area (Å²) in [4.78, 5) is 14.3. The lowest BCUT2D eigenvalue weighted by atomic mass is 10.0. The average molecular weight is 445 g/mol. The van der Waals surface area contributed by atoms with E-state index in [4.69, 9.17) is 23.2 Å². The van der Waals surface area contributed by atoms with Gasteiger partial charge in [-0.25, -0.2) is 17.5 Å². The molecule has 1 saturated heterocycles. The molecule has 1 amide bonds. The molecule has 0 aromatic heterocycles. The molecule has 2 aromatic rings. The van der Waals surface area contributed by atoms with Gasteiger partial charge in [-0.2, -0.15) is 0 Å². The fourth-order valence-corrected chi connectivity index (χ4v) is 4.60. The summed E-state index contributed by atoms with van der Waals surface area (Å²) < 4.78 is 39.8. The van der Waals surface area contributed by atoms with Crippen molar-refractivity contribution in [3.05, 3.63) is 63.9 Å². The van der Waals surface area contributed by atoms with Gasteiger partial charge in [0.15, 0.2) is 0 Å². The summed E-state index contributed by atoms with van der Waals surface area (Å²) >= 11 is 12.0. The number of halogens is 3. The van der Waals surface area contributed by atoms with Gasteiger partial charge in [0.1, 0.15) is 5.82 Å². The Morgan fingerprint density at radius 2 is 1.86 bits per heavy atom. The fourth-order valence-electron chi connectivity index (χ4n) is 3.26. The van der Waals surface area contributed by atoms with E-state index in [0.717, 1.165) is 30.5 Å². The molecule has 1 atom stereocenters. The van der Waals surface area contributed by atoms with E-state index in [9.17, 15) is 17.6 Å². The molecular formula is C19H19Cl2FN2O3S. The van der Waals surface area contributed by atoms with Crippen molar-refractivity contribution in [2.75, 3.05) is 13.1 Å². The van der Waals surface area contributed by atoms with Crippen molar-refractivity contribution in [1.29, 1.82) is 0 Å². The van der Waals surface area contributed by atoms with Crippen LogP contribution in [0.15, 0.2) is 47.4 Å². The van der Waals surface area contributed by atoms with Gasteiger partial charge in [0.2, 0.25) is 15.9 Å². The molecule has 1 aliphatic heterocycles. The predicted molar refractivity (Wildman–Crippen MR) is 106 cm³/mol. The van der Waals surface area contributed by atoms with Crippen molar-refractivity contribution in [3.8, 4) is 0 Å². The smallest absolute Gasteiger partial charge is 0.240 e. The number of carbonyl (C=O) groups excluding carboxylic acids is 1. The second-order valence-electron chi connectivity index (χ2n) is 6.52. The van der Waals surface area contributed by atoms with E-state index in [2.05, 4.69) is 4.72 Å². The highest BCUT2D eigenvalue weighted by Gasteiger charge is 2.30. The standard InChI is InChI=1S/C19H19Cl2FN2O3S/c20-16-8-3-13(12-17(16)21)18-2-1-11-24(18)19(25)9-10-23-28(26,27)15-6-4-14(22)5-7-15/h3-8,12,18,23H,1-2,9-11H2. The normalized spacial score (nSPS) is 17.1. The maximum Gasteiger partial charge on any atom is 0.240 e. The molecule has 28 heavy (non-hydrogen) atoms. The van der Waals surface area contributed by atoms with Crippen molar-refractivity contribution < 1.29 is 17.6 Å². The lowest BCUT2D eigenvalue weighted by molar-refractivity contribution is -0.131. The van der Waals surface area contributed by atoms with Crippen LogP contribution in [0.5, 0.6) is 0 Å². The minimum atomic E-state index is -3.79. The number of amides is 1. The van der Waals surface area contributed by atoms with E-state index in [1.54, 1.807) is 17.0 Å². The highest BCUT2D eigenvalue weighted by atomic mass is 35.5. The second-order valence-corrected chi connectivity index (χ2v) is 9.10. The van der Waals surface area contributed by atoms with E-state index in [1.165, 1.54) is 12.1 Å². The Balaban J connectivity index is 1.61. The van der Waals surface area contributed by atoms with Gasteiger partial charge >= 0.3 is 0 Å². The SMILES string of the molecule is O=C(CCNS(=O)(=O)c1ccc(F)cc1)N1CCCC1c1ccc(Cl)c(Cl)c1. The van der Waals surface area contributed by atoms with E-state index in [0.29, 0.717) is 16.6 Å². The van der Waals surface area contributed by atoms with Crippen molar-refractivity contribution in [2.24, 2.45) is 0 Å². The second kappa shape index (κ2) is 8.78. The first-order chi connectivity index (χ1) is 13.3. The number of benzene rings is 2. The Morgan fingerprint density at radius 1 is 1.14 bits per heavy atom. The fraction of sp³-hybridized carbons (Fsp3) is 0.316. The summed E-state index contributed by atoms with van der Waals surface area (Å²) in [7, 11) is -3.79. The van der Waals surface area contributed by atoms with Crippen LogP contribution in [-0.2, 0) is 14.8 Å². The number of carbonyl (C=O) groups is 1. The van der Waals surface area contributed by atoms with Crippen LogP contribution in [0.25, 0.3) is 0 Å². The summed E-state index contributed by atoms with van der Waals surface area (Å²) in [6.07, 6.45) is 1.70. The molecule has 3 rings (SSSR count). The number of nitrogens with zero attached hydrogens (tertiary/aromatic N) is 1. The molecule has 0 spiro atoms. The van der Waals surface area contributed by atoms with E-state index >= 15 is 0 Å². The number of nitrogens with one attached hydrogen (secondary N) is 1. The van der Waals surface area contributed by atoms with Crippen molar-refractivity contribution >= 4 is 39.1 Å². The van der Waals surface area contributed by atoms with Crippen molar-refractivity contribution in [2.45, 2.75) is 30.2 Å². The largest absolute Gasteiger partial charge is 0.336 e. The van der Waals surface area contributed by atoms with Gasteiger partial charge in [0, 0.05) is 19.5 Å². The summed E-state index contributed by atoms with van der Waals surface area (Å²) in [6.45, 7) is 0.567. The molecular weight excluding hydrogens is 426 g/mol. The molecule has 0 saturated carbocycles. The van der Waals surface area contributed by atoms with Gasteiger partial charge in [-0.3, -0.25) is 4.79 Å². The van der Waals surface area contributed by atoms with Gasteiger partial charge in [0.25, 0.3) is 0 Å². The molecule has 0 bridgehead atoms. The molecule has 5 nitrogen and oxygen atoms in total. The predicted octanol–water partition coefficient (Wildman–Crippen LogP) is 4.16. The van der Waals surface area contributed by atoms with Gasteiger partial charge in [-0.15, -0.1) is 0 Å². The molecule has 1 N–H and O–H groups in total. The minimum absolute atomic E-state index is 0.0260. The Bertz CT molecular complexity index is 968. The summed E-state index contributed by atoms with van der Waals surface area (Å²) in [6, 6.07) is 9.73. The lowest BCUT2D eigenvalue weighted by Gasteiger charge is -2.25. The molecule has 1 unspecified atom stereocenters. The monoisotopic (exact) mass is 444 g/mol. The Hall–Kier alpha value is -1.67. The summed E-state index contributed by atoms with van der Waals surface area (Å²) in [5.41, 5.74) is 0.909. The quantitative estimate of drug-likeness (QED) is 0.726. The Morgan fingerprint density at radius 3 is 2.54 bits per heavy atom. The molecule has 1 aliphatic rings. The third-order valence-electron chi connectivity index (χ3n) is 4.66. The Labute approximate surface area is 173 Å². The number of hydrogen-bond donors (Lipinski definition) is 1. The zero-order chi connectivity index (χ0) is 20.3. The molecule has 2 aromatic carbocycles. The minimum Gasteiger partial charge on any atom is -0.336 e. The van der Waals surface area contributed by atoms with E-state index < -0.39 is 15.8 Å². The summed E-state index contributed by atoms with van der Waals surface area (Å²) in [5.74, 6) is -0.660. The van der Waals surface area contributed by atoms with Crippen LogP contribution in [-0.4, -0.2) is 32.3 Å². The zero-order valence-electron chi connectivity index (χ0n) is 14.9. The summed E-state index contributed by atoms with van der Waals surface area (Å²) in [5, 5.41) is 0.891. The first-order valence-corrected chi connectivity index (χ1v) is 11.0. The van der Waals surface area contributed by atoms with Crippen LogP contribution in [0.1, 0.15) is 30.9 Å². The first kappa shape index (κ1) is 21.0.